The Hall–Kier alpha value is -1.61. The van der Waals surface area contributed by atoms with Crippen molar-refractivity contribution in [2.75, 3.05) is 6.54 Å². The zero-order valence-electron chi connectivity index (χ0n) is 11.1. The van der Waals surface area contributed by atoms with Crippen LogP contribution in [-0.4, -0.2) is 12.5 Å². The maximum Gasteiger partial charge on any atom is 0.285 e. The zero-order chi connectivity index (χ0) is 12.8. The number of halogens is 1. The molecule has 3 nitrogen and oxygen atoms in total. The number of fused-ring (bicyclic) bond motifs is 1. The average molecular weight is 279 g/mol. The van der Waals surface area contributed by atoms with Crippen molar-refractivity contribution in [1.82, 2.24) is 5.32 Å². The number of unbranched alkanes of at least 4 members (excludes halogenated alkanes) is 1. The van der Waals surface area contributed by atoms with Crippen LogP contribution in [0, 0.1) is 0 Å². The molecule has 0 spiro atoms. The lowest BCUT2D eigenvalue weighted by molar-refractivity contribution is -0.683. The average Bonchev–Trinajstić information content (AvgIpc) is 2.39. The lowest BCUT2D eigenvalue weighted by Gasteiger charge is -2.02. The highest BCUT2D eigenvalue weighted by Gasteiger charge is 2.08. The van der Waals surface area contributed by atoms with E-state index in [4.69, 9.17) is 0 Å². The molecule has 0 aliphatic carbocycles. The van der Waals surface area contributed by atoms with Crippen molar-refractivity contribution < 1.29 is 21.8 Å². The lowest BCUT2D eigenvalue weighted by atomic mass is 10.2. The van der Waals surface area contributed by atoms with Gasteiger partial charge >= 0.3 is 0 Å². The number of pyridine rings is 1. The van der Waals surface area contributed by atoms with Gasteiger partial charge in [-0.1, -0.05) is 31.5 Å². The Morgan fingerprint density at radius 3 is 2.68 bits per heavy atom. The summed E-state index contributed by atoms with van der Waals surface area (Å²) in [6.07, 6.45) is 6.09. The first-order valence-corrected chi connectivity index (χ1v) is 6.44. The van der Waals surface area contributed by atoms with Crippen molar-refractivity contribution in [3.05, 3.63) is 42.7 Å². The van der Waals surface area contributed by atoms with Gasteiger partial charge in [-0.05, 0) is 17.9 Å². The van der Waals surface area contributed by atoms with Gasteiger partial charge in [-0.25, -0.2) is 0 Å². The first-order valence-electron chi connectivity index (χ1n) is 6.44. The summed E-state index contributed by atoms with van der Waals surface area (Å²) in [4.78, 5) is 11.7. The third-order valence-electron chi connectivity index (χ3n) is 2.93. The van der Waals surface area contributed by atoms with Crippen LogP contribution in [0.15, 0.2) is 42.7 Å². The molecule has 2 aromatic rings. The van der Waals surface area contributed by atoms with Crippen molar-refractivity contribution in [1.29, 1.82) is 0 Å². The van der Waals surface area contributed by atoms with Crippen LogP contribution in [0.2, 0.25) is 0 Å². The third kappa shape index (κ3) is 4.52. The number of rotatable bonds is 5. The van der Waals surface area contributed by atoms with E-state index in [-0.39, 0.29) is 18.3 Å². The molecule has 1 amide bonds. The molecule has 0 saturated heterocycles. The van der Waals surface area contributed by atoms with Crippen molar-refractivity contribution in [2.45, 2.75) is 26.3 Å². The van der Waals surface area contributed by atoms with Crippen LogP contribution in [0.25, 0.3) is 10.8 Å². The molecule has 0 atom stereocenters. The molecule has 0 aliphatic heterocycles. The van der Waals surface area contributed by atoms with Gasteiger partial charge < -0.3 is 17.7 Å². The van der Waals surface area contributed by atoms with Gasteiger partial charge in [0.05, 0.1) is 0 Å². The Kier molecular flexibility index (Phi) is 6.30. The summed E-state index contributed by atoms with van der Waals surface area (Å²) in [7, 11) is 0. The number of carbonyl (C=O) groups is 1. The Labute approximate surface area is 120 Å². The Morgan fingerprint density at radius 2 is 1.95 bits per heavy atom. The molecular formula is C15H19ClN2O. The van der Waals surface area contributed by atoms with Gasteiger partial charge in [0, 0.05) is 18.0 Å². The summed E-state index contributed by atoms with van der Waals surface area (Å²) in [5.74, 6) is 0.0729. The van der Waals surface area contributed by atoms with Crippen LogP contribution in [0.5, 0.6) is 0 Å². The molecule has 1 N–H and O–H groups in total. The Balaban J connectivity index is 0.00000180. The van der Waals surface area contributed by atoms with Crippen LogP contribution in [0.4, 0.5) is 0 Å². The van der Waals surface area contributed by atoms with E-state index >= 15 is 0 Å². The van der Waals surface area contributed by atoms with E-state index in [2.05, 4.69) is 24.4 Å². The van der Waals surface area contributed by atoms with Gasteiger partial charge in [0.15, 0.2) is 12.4 Å². The molecule has 0 unspecified atom stereocenters. The monoisotopic (exact) mass is 278 g/mol. The number of benzene rings is 1. The second-order valence-corrected chi connectivity index (χ2v) is 4.45. The highest BCUT2D eigenvalue weighted by molar-refractivity contribution is 5.80. The molecule has 4 heteroatoms. The maximum absolute atomic E-state index is 11.7. The number of hydrogen-bond acceptors (Lipinski definition) is 1. The predicted molar refractivity (Wildman–Crippen MR) is 72.1 cm³/mol. The molecular weight excluding hydrogens is 260 g/mol. The topological polar surface area (TPSA) is 33.0 Å². The van der Waals surface area contributed by atoms with E-state index in [0.717, 1.165) is 24.8 Å². The fraction of sp³-hybridized carbons (Fsp3) is 0.333. The van der Waals surface area contributed by atoms with Crippen molar-refractivity contribution in [3.8, 4) is 0 Å². The molecule has 0 aliphatic rings. The quantitative estimate of drug-likeness (QED) is 0.555. The number of nitrogens with one attached hydrogen (secondary N) is 1. The Morgan fingerprint density at radius 1 is 1.21 bits per heavy atom. The standard InChI is InChI=1S/C15H18N2O.ClH/c1-2-3-9-16-15(18)12-17-10-8-13-6-4-5-7-14(13)11-17;/h4-8,10-11H,2-3,9,12H2,1H3;1H. The molecule has 0 fully saturated rings. The number of carbonyl (C=O) groups excluding carboxylic acids is 1. The molecule has 1 aromatic carbocycles. The Bertz CT molecular complexity index is 542. The number of aromatic nitrogens is 1. The molecule has 2 rings (SSSR count). The van der Waals surface area contributed by atoms with Crippen LogP contribution < -0.4 is 22.3 Å². The van der Waals surface area contributed by atoms with Gasteiger partial charge in [0.25, 0.3) is 5.91 Å². The first kappa shape index (κ1) is 15.4. The van der Waals surface area contributed by atoms with Crippen LogP contribution in [-0.2, 0) is 11.3 Å². The predicted octanol–water partition coefficient (Wildman–Crippen LogP) is -0.952. The summed E-state index contributed by atoms with van der Waals surface area (Å²) in [6, 6.07) is 10.2. The highest BCUT2D eigenvalue weighted by atomic mass is 35.5. The van der Waals surface area contributed by atoms with Crippen molar-refractivity contribution >= 4 is 16.7 Å². The summed E-state index contributed by atoms with van der Waals surface area (Å²) in [5, 5.41) is 5.27. The summed E-state index contributed by atoms with van der Waals surface area (Å²) in [5.41, 5.74) is 0. The second kappa shape index (κ2) is 7.74. The molecule has 0 saturated carbocycles. The van der Waals surface area contributed by atoms with Crippen molar-refractivity contribution in [2.24, 2.45) is 0 Å². The maximum atomic E-state index is 11.7. The van der Waals surface area contributed by atoms with E-state index in [1.807, 2.05) is 35.2 Å². The molecule has 0 bridgehead atoms. The van der Waals surface area contributed by atoms with E-state index in [9.17, 15) is 4.79 Å². The lowest BCUT2D eigenvalue weighted by Crippen LogP contribution is -3.00. The van der Waals surface area contributed by atoms with Crippen molar-refractivity contribution in [3.63, 3.8) is 0 Å². The number of hydrogen-bond donors (Lipinski definition) is 1. The molecule has 1 aromatic heterocycles. The fourth-order valence-electron chi connectivity index (χ4n) is 1.90. The van der Waals surface area contributed by atoms with Gasteiger partial charge in [0.1, 0.15) is 0 Å². The zero-order valence-corrected chi connectivity index (χ0v) is 11.9. The largest absolute Gasteiger partial charge is 1.00 e. The minimum Gasteiger partial charge on any atom is -1.00 e. The van der Waals surface area contributed by atoms with Gasteiger partial charge in [0.2, 0.25) is 6.54 Å². The van der Waals surface area contributed by atoms with E-state index in [0.29, 0.717) is 6.54 Å². The molecule has 0 radical (unpaired) electrons. The van der Waals surface area contributed by atoms with E-state index in [1.54, 1.807) is 0 Å². The van der Waals surface area contributed by atoms with Gasteiger partial charge in [-0.3, -0.25) is 4.79 Å². The summed E-state index contributed by atoms with van der Waals surface area (Å²) < 4.78 is 1.92. The minimum absolute atomic E-state index is 0. The van der Waals surface area contributed by atoms with Crippen LogP contribution in [0.1, 0.15) is 19.8 Å². The SMILES string of the molecule is CCCCNC(=O)C[n+]1ccc2ccccc2c1.[Cl-]. The van der Waals surface area contributed by atoms with E-state index in [1.165, 1.54) is 5.39 Å². The normalized spacial score (nSPS) is 9.95. The fourth-order valence-corrected chi connectivity index (χ4v) is 1.90. The second-order valence-electron chi connectivity index (χ2n) is 4.45. The summed E-state index contributed by atoms with van der Waals surface area (Å²) >= 11 is 0. The van der Waals surface area contributed by atoms with Crippen LogP contribution >= 0.6 is 0 Å². The molecule has 1 heterocycles. The van der Waals surface area contributed by atoms with Gasteiger partial charge in [-0.15, -0.1) is 0 Å². The summed E-state index contributed by atoms with van der Waals surface area (Å²) in [6.45, 7) is 3.27. The number of amides is 1. The number of nitrogens with zero attached hydrogens (tertiary/aromatic N) is 1. The van der Waals surface area contributed by atoms with Crippen LogP contribution in [0.3, 0.4) is 0 Å². The highest BCUT2D eigenvalue weighted by Crippen LogP contribution is 2.09. The van der Waals surface area contributed by atoms with Gasteiger partial charge in [-0.2, -0.15) is 4.57 Å². The first-order chi connectivity index (χ1) is 8.79. The minimum atomic E-state index is 0. The smallest absolute Gasteiger partial charge is 0.285 e. The van der Waals surface area contributed by atoms with E-state index < -0.39 is 0 Å². The molecule has 102 valence electrons. The third-order valence-corrected chi connectivity index (χ3v) is 2.93. The molecule has 19 heavy (non-hydrogen) atoms.